The highest BCUT2D eigenvalue weighted by Gasteiger charge is 2.26. The molecule has 1 saturated heterocycles. The Kier molecular flexibility index (Phi) is 4.64. The quantitative estimate of drug-likeness (QED) is 0.933. The maximum atomic E-state index is 12.7. The second-order valence-corrected chi connectivity index (χ2v) is 7.13. The number of rotatable bonds is 4. The van der Waals surface area contributed by atoms with Crippen LogP contribution >= 0.6 is 11.3 Å². The standard InChI is InChI=1S/C17H23N3O2S/c1-5-13-18-11(4)14-9(2)15(23-17(14)20-13)16(21)19-10(3)12-7-6-8-22-12/h10,12H,5-8H2,1-4H3,(H,19,21)/t10-,12+/m0/s1. The lowest BCUT2D eigenvalue weighted by molar-refractivity contribution is 0.0714. The molecule has 2 atom stereocenters. The predicted octanol–water partition coefficient (Wildman–Crippen LogP) is 3.17. The van der Waals surface area contributed by atoms with Gasteiger partial charge in [0.15, 0.2) is 0 Å². The Hall–Kier alpha value is -1.53. The molecule has 1 amide bonds. The first kappa shape index (κ1) is 16.3. The van der Waals surface area contributed by atoms with Crippen LogP contribution in [0.2, 0.25) is 0 Å². The van der Waals surface area contributed by atoms with Crippen molar-refractivity contribution >= 4 is 27.5 Å². The van der Waals surface area contributed by atoms with Gasteiger partial charge < -0.3 is 10.1 Å². The van der Waals surface area contributed by atoms with Crippen LogP contribution in [-0.2, 0) is 11.2 Å². The minimum Gasteiger partial charge on any atom is -0.376 e. The molecule has 0 radical (unpaired) electrons. The normalized spacial score (nSPS) is 19.2. The van der Waals surface area contributed by atoms with Crippen molar-refractivity contribution in [3.8, 4) is 0 Å². The number of nitrogens with one attached hydrogen (secondary N) is 1. The summed E-state index contributed by atoms with van der Waals surface area (Å²) in [6.07, 6.45) is 3.01. The van der Waals surface area contributed by atoms with E-state index in [1.165, 1.54) is 11.3 Å². The number of aryl methyl sites for hydroxylation is 3. The molecule has 2 aromatic heterocycles. The van der Waals surface area contributed by atoms with Crippen LogP contribution in [0.25, 0.3) is 10.2 Å². The van der Waals surface area contributed by atoms with Gasteiger partial charge in [-0.15, -0.1) is 11.3 Å². The molecular formula is C17H23N3O2S. The van der Waals surface area contributed by atoms with Crippen LogP contribution in [0.1, 0.15) is 53.4 Å². The minimum atomic E-state index is -0.0362. The fourth-order valence-electron chi connectivity index (χ4n) is 3.13. The lowest BCUT2D eigenvalue weighted by Gasteiger charge is -2.19. The number of fused-ring (bicyclic) bond motifs is 1. The molecule has 124 valence electrons. The molecule has 0 aliphatic carbocycles. The van der Waals surface area contributed by atoms with Gasteiger partial charge in [-0.05, 0) is 39.2 Å². The van der Waals surface area contributed by atoms with Crippen LogP contribution in [0.15, 0.2) is 0 Å². The molecule has 5 nitrogen and oxygen atoms in total. The maximum absolute atomic E-state index is 12.7. The zero-order valence-corrected chi connectivity index (χ0v) is 14.9. The number of ether oxygens (including phenoxy) is 1. The number of hydrogen-bond acceptors (Lipinski definition) is 5. The number of nitrogens with zero attached hydrogens (tertiary/aromatic N) is 2. The maximum Gasteiger partial charge on any atom is 0.262 e. The van der Waals surface area contributed by atoms with E-state index in [0.29, 0.717) is 0 Å². The largest absolute Gasteiger partial charge is 0.376 e. The van der Waals surface area contributed by atoms with Crippen molar-refractivity contribution < 1.29 is 9.53 Å². The second-order valence-electron chi connectivity index (χ2n) is 6.13. The third kappa shape index (κ3) is 3.10. The average molecular weight is 333 g/mol. The SMILES string of the molecule is CCc1nc(C)c2c(C)c(C(=O)N[C@@H](C)[C@H]3CCCO3)sc2n1. The Morgan fingerprint density at radius 1 is 1.43 bits per heavy atom. The van der Waals surface area contributed by atoms with Gasteiger partial charge in [0, 0.05) is 24.1 Å². The van der Waals surface area contributed by atoms with Gasteiger partial charge in [-0.1, -0.05) is 6.92 Å². The van der Waals surface area contributed by atoms with E-state index in [2.05, 4.69) is 15.3 Å². The van der Waals surface area contributed by atoms with Gasteiger partial charge in [0.05, 0.1) is 17.0 Å². The highest BCUT2D eigenvalue weighted by Crippen LogP contribution is 2.31. The van der Waals surface area contributed by atoms with E-state index in [-0.39, 0.29) is 18.1 Å². The van der Waals surface area contributed by atoms with Crippen LogP contribution in [0, 0.1) is 13.8 Å². The summed E-state index contributed by atoms with van der Waals surface area (Å²) in [6.45, 7) is 8.81. The van der Waals surface area contributed by atoms with Gasteiger partial charge in [0.25, 0.3) is 5.91 Å². The van der Waals surface area contributed by atoms with Crippen molar-refractivity contribution in [2.24, 2.45) is 0 Å². The molecule has 1 aliphatic heterocycles. The van der Waals surface area contributed by atoms with Gasteiger partial charge in [0.1, 0.15) is 10.7 Å². The number of hydrogen-bond donors (Lipinski definition) is 1. The second kappa shape index (κ2) is 6.53. The molecule has 0 unspecified atom stereocenters. The third-order valence-corrected chi connectivity index (χ3v) is 5.61. The van der Waals surface area contributed by atoms with Crippen LogP contribution < -0.4 is 5.32 Å². The van der Waals surface area contributed by atoms with Gasteiger partial charge in [-0.2, -0.15) is 0 Å². The summed E-state index contributed by atoms with van der Waals surface area (Å²) in [7, 11) is 0. The summed E-state index contributed by atoms with van der Waals surface area (Å²) in [5.74, 6) is 0.793. The van der Waals surface area contributed by atoms with Crippen LogP contribution in [0.3, 0.4) is 0 Å². The van der Waals surface area contributed by atoms with Crippen molar-refractivity contribution in [3.63, 3.8) is 0 Å². The van der Waals surface area contributed by atoms with Gasteiger partial charge >= 0.3 is 0 Å². The lowest BCUT2D eigenvalue weighted by Crippen LogP contribution is -2.40. The fourth-order valence-corrected chi connectivity index (χ4v) is 4.29. The molecule has 0 spiro atoms. The molecule has 6 heteroatoms. The first-order chi connectivity index (χ1) is 11.0. The monoisotopic (exact) mass is 333 g/mol. The first-order valence-corrected chi connectivity index (χ1v) is 9.02. The molecule has 1 fully saturated rings. The van der Waals surface area contributed by atoms with E-state index in [1.807, 2.05) is 27.7 Å². The number of carbonyl (C=O) groups is 1. The summed E-state index contributed by atoms with van der Waals surface area (Å²) >= 11 is 1.46. The van der Waals surface area contributed by atoms with Crippen molar-refractivity contribution in [2.75, 3.05) is 6.61 Å². The predicted molar refractivity (Wildman–Crippen MR) is 92.2 cm³/mol. The van der Waals surface area contributed by atoms with E-state index < -0.39 is 0 Å². The Bertz CT molecular complexity index is 735. The van der Waals surface area contributed by atoms with E-state index in [4.69, 9.17) is 4.74 Å². The zero-order valence-electron chi connectivity index (χ0n) is 14.1. The highest BCUT2D eigenvalue weighted by molar-refractivity contribution is 7.20. The zero-order chi connectivity index (χ0) is 16.6. The minimum absolute atomic E-state index is 0.0213. The van der Waals surface area contributed by atoms with E-state index >= 15 is 0 Å². The molecule has 23 heavy (non-hydrogen) atoms. The van der Waals surface area contributed by atoms with Crippen molar-refractivity contribution in [1.82, 2.24) is 15.3 Å². The van der Waals surface area contributed by atoms with Gasteiger partial charge in [0.2, 0.25) is 0 Å². The molecule has 1 N–H and O–H groups in total. The Morgan fingerprint density at radius 2 is 2.22 bits per heavy atom. The molecular weight excluding hydrogens is 310 g/mol. The number of carbonyl (C=O) groups excluding carboxylic acids is 1. The van der Waals surface area contributed by atoms with Gasteiger partial charge in [-0.3, -0.25) is 4.79 Å². The summed E-state index contributed by atoms with van der Waals surface area (Å²) < 4.78 is 5.66. The molecule has 2 aromatic rings. The van der Waals surface area contributed by atoms with Crippen LogP contribution in [-0.4, -0.2) is 34.6 Å². The Morgan fingerprint density at radius 3 is 2.87 bits per heavy atom. The first-order valence-electron chi connectivity index (χ1n) is 8.20. The van der Waals surface area contributed by atoms with Crippen molar-refractivity contribution in [3.05, 3.63) is 22.0 Å². The molecule has 0 saturated carbocycles. The summed E-state index contributed by atoms with van der Waals surface area (Å²) in [4.78, 5) is 23.4. The highest BCUT2D eigenvalue weighted by atomic mass is 32.1. The number of thiophene rings is 1. The molecule has 3 heterocycles. The molecule has 0 aromatic carbocycles. The van der Waals surface area contributed by atoms with Gasteiger partial charge in [-0.25, -0.2) is 9.97 Å². The molecule has 1 aliphatic rings. The lowest BCUT2D eigenvalue weighted by atomic mass is 10.1. The number of amides is 1. The molecule has 3 rings (SSSR count). The van der Waals surface area contributed by atoms with Crippen LogP contribution in [0.5, 0.6) is 0 Å². The smallest absolute Gasteiger partial charge is 0.262 e. The van der Waals surface area contributed by atoms with E-state index in [9.17, 15) is 4.79 Å². The van der Waals surface area contributed by atoms with E-state index in [0.717, 1.165) is 58.0 Å². The molecule has 0 bridgehead atoms. The summed E-state index contributed by atoms with van der Waals surface area (Å²) in [5.41, 5.74) is 1.93. The topological polar surface area (TPSA) is 64.1 Å². The summed E-state index contributed by atoms with van der Waals surface area (Å²) in [6, 6.07) is 0.0213. The Balaban J connectivity index is 1.88. The average Bonchev–Trinajstić information content (AvgIpc) is 3.15. The van der Waals surface area contributed by atoms with Crippen molar-refractivity contribution in [1.29, 1.82) is 0 Å². The van der Waals surface area contributed by atoms with E-state index in [1.54, 1.807) is 0 Å². The fraction of sp³-hybridized carbons (Fsp3) is 0.588. The number of aromatic nitrogens is 2. The summed E-state index contributed by atoms with van der Waals surface area (Å²) in [5, 5.41) is 4.10. The van der Waals surface area contributed by atoms with Crippen LogP contribution in [0.4, 0.5) is 0 Å². The Labute approximate surface area is 140 Å². The van der Waals surface area contributed by atoms with Crippen molar-refractivity contribution in [2.45, 2.75) is 59.1 Å². The third-order valence-electron chi connectivity index (χ3n) is 4.42.